The van der Waals surface area contributed by atoms with Gasteiger partial charge in [0.15, 0.2) is 0 Å². The van der Waals surface area contributed by atoms with E-state index >= 15 is 0 Å². The molecule has 0 radical (unpaired) electrons. The number of aliphatic hydroxyl groups is 2. The molecule has 6 nitrogen and oxygen atoms in total. The van der Waals surface area contributed by atoms with Crippen LogP contribution in [0.2, 0.25) is 0 Å². The maximum absolute atomic E-state index is 13.1. The predicted octanol–water partition coefficient (Wildman–Crippen LogP) is 8.95. The summed E-state index contributed by atoms with van der Waals surface area (Å²) in [6.07, 6.45) is 15.7. The lowest BCUT2D eigenvalue weighted by molar-refractivity contribution is -0.234. The first kappa shape index (κ1) is 36.9. The molecular formula is C40H64O6. The lowest BCUT2D eigenvalue weighted by Crippen LogP contribution is -2.65. The van der Waals surface area contributed by atoms with E-state index in [9.17, 15) is 24.9 Å². The molecule has 4 saturated carbocycles. The fourth-order valence-electron chi connectivity index (χ4n) is 11.1. The molecule has 6 heteroatoms. The van der Waals surface area contributed by atoms with E-state index < -0.39 is 24.1 Å². The van der Waals surface area contributed by atoms with Crippen LogP contribution in [0, 0.1) is 39.9 Å². The zero-order chi connectivity index (χ0) is 34.0. The molecule has 0 unspecified atom stereocenters. The standard InChI is InChI=1S/C40H64O6/c1-9-10-11-12-13-14-15-16-28(25(2)3)17-18-29(37(44)45)35-31-23-33(43)36-38(6)21-20-32(42)26(4)30(38)19-22-39(36,7)40(31,8)24-34(35)46-27(5)41/h15-16,26,30-34,36,42-43H,9-14,17-24H2,1-8H3,(H,44,45)/t26-,30+,31+,32+,33+,34-,36+,38-,39-,40-/m0/s1. The summed E-state index contributed by atoms with van der Waals surface area (Å²) in [6, 6.07) is 0. The summed E-state index contributed by atoms with van der Waals surface area (Å²) in [6.45, 7) is 16.9. The van der Waals surface area contributed by atoms with Gasteiger partial charge in [0.2, 0.25) is 0 Å². The third kappa shape index (κ3) is 6.81. The monoisotopic (exact) mass is 640 g/mol. The molecule has 4 aliphatic carbocycles. The zero-order valence-electron chi connectivity index (χ0n) is 30.2. The van der Waals surface area contributed by atoms with Crippen LogP contribution in [0.1, 0.15) is 145 Å². The Morgan fingerprint density at radius 3 is 2.26 bits per heavy atom. The Balaban J connectivity index is 1.67. The van der Waals surface area contributed by atoms with E-state index in [0.29, 0.717) is 37.2 Å². The maximum atomic E-state index is 13.1. The van der Waals surface area contributed by atoms with Crippen molar-refractivity contribution in [3.05, 3.63) is 34.4 Å². The van der Waals surface area contributed by atoms with E-state index in [1.807, 2.05) is 0 Å². The van der Waals surface area contributed by atoms with Crippen LogP contribution in [0.3, 0.4) is 0 Å². The number of aliphatic hydroxyl groups excluding tert-OH is 2. The van der Waals surface area contributed by atoms with Crippen molar-refractivity contribution in [1.82, 2.24) is 0 Å². The number of carbonyl (C=O) groups excluding carboxylic acids is 1. The predicted molar refractivity (Wildman–Crippen MR) is 184 cm³/mol. The van der Waals surface area contributed by atoms with E-state index in [1.165, 1.54) is 44.6 Å². The molecule has 3 N–H and O–H groups in total. The van der Waals surface area contributed by atoms with Gasteiger partial charge in [0, 0.05) is 12.5 Å². The molecule has 0 bridgehead atoms. The van der Waals surface area contributed by atoms with E-state index in [-0.39, 0.29) is 40.1 Å². The van der Waals surface area contributed by atoms with Crippen LogP contribution in [0.5, 0.6) is 0 Å². The van der Waals surface area contributed by atoms with E-state index in [0.717, 1.165) is 43.3 Å². The average molecular weight is 641 g/mol. The van der Waals surface area contributed by atoms with Gasteiger partial charge in [0.25, 0.3) is 0 Å². The number of carbonyl (C=O) groups is 2. The Labute approximate surface area is 279 Å². The van der Waals surface area contributed by atoms with E-state index in [4.69, 9.17) is 4.74 Å². The first-order chi connectivity index (χ1) is 21.6. The smallest absolute Gasteiger partial charge is 0.331 e. The lowest BCUT2D eigenvalue weighted by Gasteiger charge is -2.69. The molecule has 0 aromatic heterocycles. The topological polar surface area (TPSA) is 104 Å². The Morgan fingerprint density at radius 1 is 0.935 bits per heavy atom. The quantitative estimate of drug-likeness (QED) is 0.0852. The van der Waals surface area contributed by atoms with Crippen molar-refractivity contribution in [3.63, 3.8) is 0 Å². The second-order valence-electron chi connectivity index (χ2n) is 16.5. The van der Waals surface area contributed by atoms with E-state index in [1.54, 1.807) is 0 Å². The zero-order valence-corrected chi connectivity index (χ0v) is 30.2. The number of fused-ring (bicyclic) bond motifs is 5. The van der Waals surface area contributed by atoms with Gasteiger partial charge < -0.3 is 20.1 Å². The van der Waals surface area contributed by atoms with Crippen LogP contribution < -0.4 is 0 Å². The summed E-state index contributed by atoms with van der Waals surface area (Å²) < 4.78 is 6.01. The Kier molecular flexibility index (Phi) is 11.8. The molecule has 0 heterocycles. The van der Waals surface area contributed by atoms with Crippen molar-refractivity contribution in [2.75, 3.05) is 0 Å². The van der Waals surface area contributed by atoms with Gasteiger partial charge in [-0.3, -0.25) is 4.79 Å². The van der Waals surface area contributed by atoms with Crippen LogP contribution in [-0.4, -0.2) is 45.6 Å². The van der Waals surface area contributed by atoms with Gasteiger partial charge in [-0.05, 0) is 129 Å². The number of carboxylic acids is 1. The van der Waals surface area contributed by atoms with Gasteiger partial charge in [-0.2, -0.15) is 0 Å². The highest BCUT2D eigenvalue weighted by atomic mass is 16.5. The highest BCUT2D eigenvalue weighted by molar-refractivity contribution is 5.88. The number of allylic oxidation sites excluding steroid dienone is 4. The highest BCUT2D eigenvalue weighted by Crippen LogP contribution is 2.74. The van der Waals surface area contributed by atoms with Crippen LogP contribution in [0.15, 0.2) is 34.4 Å². The summed E-state index contributed by atoms with van der Waals surface area (Å²) in [5.74, 6) is -0.964. The fraction of sp³-hybridized carbons (Fsp3) is 0.800. The van der Waals surface area contributed by atoms with Crippen LogP contribution in [-0.2, 0) is 14.3 Å². The van der Waals surface area contributed by atoms with Gasteiger partial charge in [-0.25, -0.2) is 4.79 Å². The van der Waals surface area contributed by atoms with Crippen molar-refractivity contribution >= 4 is 11.9 Å². The molecule has 0 spiro atoms. The number of carboxylic acid groups (broad SMARTS) is 1. The number of aliphatic carboxylic acids is 1. The van der Waals surface area contributed by atoms with Crippen LogP contribution in [0.25, 0.3) is 0 Å². The van der Waals surface area contributed by atoms with Gasteiger partial charge >= 0.3 is 11.9 Å². The third-order valence-corrected chi connectivity index (χ3v) is 13.7. The lowest BCUT2D eigenvalue weighted by atomic mass is 9.36. The molecule has 0 aliphatic heterocycles. The van der Waals surface area contributed by atoms with Crippen molar-refractivity contribution in [2.45, 2.75) is 164 Å². The number of esters is 1. The van der Waals surface area contributed by atoms with E-state index in [2.05, 4.69) is 60.6 Å². The molecule has 0 saturated heterocycles. The number of ether oxygens (including phenoxy) is 1. The molecule has 4 aliphatic rings. The highest BCUT2D eigenvalue weighted by Gasteiger charge is 2.70. The molecule has 10 atom stereocenters. The largest absolute Gasteiger partial charge is 0.478 e. The Morgan fingerprint density at radius 2 is 1.63 bits per heavy atom. The van der Waals surface area contributed by atoms with Crippen molar-refractivity contribution in [3.8, 4) is 0 Å². The summed E-state index contributed by atoms with van der Waals surface area (Å²) in [4.78, 5) is 25.6. The Hall–Kier alpha value is -1.92. The molecule has 46 heavy (non-hydrogen) atoms. The van der Waals surface area contributed by atoms with Crippen molar-refractivity contribution < 1.29 is 29.6 Å². The molecule has 260 valence electrons. The minimum atomic E-state index is -0.947. The van der Waals surface area contributed by atoms with Gasteiger partial charge in [0.1, 0.15) is 6.10 Å². The summed E-state index contributed by atoms with van der Waals surface area (Å²) >= 11 is 0. The van der Waals surface area contributed by atoms with Crippen LogP contribution >= 0.6 is 0 Å². The molecule has 0 aromatic carbocycles. The van der Waals surface area contributed by atoms with Crippen molar-refractivity contribution in [2.24, 2.45) is 39.9 Å². The molecule has 0 amide bonds. The SMILES string of the molecule is CCCCCCCC=CC(CCC(C(=O)O)=C1[C@@H](OC(C)=O)C[C@@]2(C)[C@@H]1C[C@@H](O)[C@@H]1[C@@]3(C)CC[C@@H](O)[C@@H](C)[C@H]3CC[C@@]12C)=C(C)C. The first-order valence-electron chi connectivity index (χ1n) is 18.4. The molecule has 0 aromatic rings. The average Bonchev–Trinajstić information content (AvgIpc) is 3.24. The molecular weight excluding hydrogens is 576 g/mol. The number of unbranched alkanes of at least 4 members (excludes halogenated alkanes) is 5. The third-order valence-electron chi connectivity index (χ3n) is 13.7. The minimum absolute atomic E-state index is 0.0324. The number of hydrogen-bond donors (Lipinski definition) is 3. The number of rotatable bonds is 12. The normalized spacial score (nSPS) is 39.7. The van der Waals surface area contributed by atoms with Gasteiger partial charge in [0.05, 0.1) is 12.2 Å². The molecule has 4 rings (SSSR count). The molecule has 4 fully saturated rings. The minimum Gasteiger partial charge on any atom is -0.478 e. The second kappa shape index (κ2) is 14.7. The summed E-state index contributed by atoms with van der Waals surface area (Å²) in [7, 11) is 0. The first-order valence-corrected chi connectivity index (χ1v) is 18.4. The maximum Gasteiger partial charge on any atom is 0.331 e. The summed E-state index contributed by atoms with van der Waals surface area (Å²) in [5.41, 5.74) is 2.72. The summed E-state index contributed by atoms with van der Waals surface area (Å²) in [5, 5.41) is 33.6. The van der Waals surface area contributed by atoms with Crippen LogP contribution in [0.4, 0.5) is 0 Å². The Bertz CT molecular complexity index is 1210. The fourth-order valence-corrected chi connectivity index (χ4v) is 11.1. The van der Waals surface area contributed by atoms with Gasteiger partial charge in [-0.15, -0.1) is 0 Å². The van der Waals surface area contributed by atoms with Crippen molar-refractivity contribution in [1.29, 1.82) is 0 Å². The van der Waals surface area contributed by atoms with Gasteiger partial charge in [-0.1, -0.05) is 78.0 Å². The number of hydrogen-bond acceptors (Lipinski definition) is 5. The second-order valence-corrected chi connectivity index (χ2v) is 16.5.